The third-order valence-corrected chi connectivity index (χ3v) is 9.51. The fourth-order valence-corrected chi connectivity index (χ4v) is 8.12. The van der Waals surface area contributed by atoms with E-state index in [-0.39, 0.29) is 52.3 Å². The highest BCUT2D eigenvalue weighted by Gasteiger charge is 2.54. The van der Waals surface area contributed by atoms with Gasteiger partial charge in [-0.25, -0.2) is 21.6 Å². The molecule has 3 unspecified atom stereocenters. The van der Waals surface area contributed by atoms with E-state index >= 15 is 0 Å². The van der Waals surface area contributed by atoms with Gasteiger partial charge in [-0.05, 0) is 55.7 Å². The minimum absolute atomic E-state index is 0.0756. The van der Waals surface area contributed by atoms with Gasteiger partial charge in [-0.3, -0.25) is 4.79 Å². The number of benzene rings is 2. The quantitative estimate of drug-likeness (QED) is 0.569. The normalized spacial score (nSPS) is 26.2. The Kier molecular flexibility index (Phi) is 6.40. The lowest BCUT2D eigenvalue weighted by Crippen LogP contribution is -2.46. The number of halogens is 4. The predicted octanol–water partition coefficient (Wildman–Crippen LogP) is 4.62. The molecule has 0 heterocycles. The van der Waals surface area contributed by atoms with Gasteiger partial charge >= 0.3 is 0 Å². The molecule has 1 amide bonds. The number of nitrogens with one attached hydrogen (secondary N) is 1. The van der Waals surface area contributed by atoms with E-state index in [1.807, 2.05) is 6.07 Å². The number of nitrogens with zero attached hydrogens (tertiary/aromatic N) is 1. The lowest BCUT2D eigenvalue weighted by Gasteiger charge is -2.39. The summed E-state index contributed by atoms with van der Waals surface area (Å²) in [6.45, 7) is 0. The second kappa shape index (κ2) is 8.87. The molecule has 2 saturated carbocycles. The van der Waals surface area contributed by atoms with Gasteiger partial charge < -0.3 is 10.4 Å². The minimum atomic E-state index is -4.02. The Balaban J connectivity index is 1.62. The molecule has 180 valence electrons. The Labute approximate surface area is 199 Å². The summed E-state index contributed by atoms with van der Waals surface area (Å²) in [7, 11) is -4.02. The Morgan fingerprint density at radius 3 is 2.29 bits per heavy atom. The zero-order valence-corrected chi connectivity index (χ0v) is 19.3. The number of rotatable bonds is 5. The molecule has 0 spiro atoms. The molecule has 2 fully saturated rings. The van der Waals surface area contributed by atoms with Gasteiger partial charge in [-0.2, -0.15) is 5.26 Å². The molecule has 0 radical (unpaired) electrons. The van der Waals surface area contributed by atoms with Crippen LogP contribution in [0.3, 0.4) is 0 Å². The van der Waals surface area contributed by atoms with Crippen LogP contribution in [-0.2, 0) is 9.84 Å². The molecule has 4 atom stereocenters. The SMILES string of the molecule is N#CCC1(O)CC2CC[C@@H](C1)C2S(=O)(=O)c1cc(C(=O)Nc2cc(F)c(F)c(F)c2)ccc1Cl. The van der Waals surface area contributed by atoms with Crippen molar-refractivity contribution in [2.24, 2.45) is 11.8 Å². The number of sulfone groups is 1. The zero-order valence-electron chi connectivity index (χ0n) is 17.7. The van der Waals surface area contributed by atoms with E-state index < -0.39 is 44.0 Å². The first-order valence-electron chi connectivity index (χ1n) is 10.5. The molecule has 4 rings (SSSR count). The van der Waals surface area contributed by atoms with Crippen molar-refractivity contribution >= 4 is 33.0 Å². The summed E-state index contributed by atoms with van der Waals surface area (Å²) in [5, 5.41) is 21.0. The Hall–Kier alpha value is -2.61. The molecule has 6 nitrogen and oxygen atoms in total. The van der Waals surface area contributed by atoms with E-state index in [2.05, 4.69) is 5.32 Å². The summed E-state index contributed by atoms with van der Waals surface area (Å²) in [5.74, 6) is -6.24. The Bertz CT molecular complexity index is 1270. The van der Waals surface area contributed by atoms with Crippen LogP contribution in [0.4, 0.5) is 18.9 Å². The second-order valence-corrected chi connectivity index (χ2v) is 11.4. The van der Waals surface area contributed by atoms with Crippen LogP contribution >= 0.6 is 11.6 Å². The zero-order chi connectivity index (χ0) is 24.8. The topological polar surface area (TPSA) is 107 Å². The summed E-state index contributed by atoms with van der Waals surface area (Å²) in [4.78, 5) is 12.4. The van der Waals surface area contributed by atoms with Gasteiger partial charge in [0.15, 0.2) is 27.3 Å². The van der Waals surface area contributed by atoms with Crippen LogP contribution in [-0.4, -0.2) is 30.3 Å². The highest BCUT2D eigenvalue weighted by Crippen LogP contribution is 2.52. The number of carbonyl (C=O) groups excluding carboxylic acids is 1. The molecule has 2 bridgehead atoms. The molecule has 0 saturated heterocycles. The summed E-state index contributed by atoms with van der Waals surface area (Å²) in [5.41, 5.74) is -1.70. The Morgan fingerprint density at radius 1 is 1.15 bits per heavy atom. The summed E-state index contributed by atoms with van der Waals surface area (Å²) in [6.07, 6.45) is 1.46. The van der Waals surface area contributed by atoms with Crippen molar-refractivity contribution in [3.63, 3.8) is 0 Å². The molecule has 11 heteroatoms. The fourth-order valence-electron chi connectivity index (χ4n) is 5.28. The smallest absolute Gasteiger partial charge is 0.255 e. The molecule has 0 aromatic heterocycles. The first-order chi connectivity index (χ1) is 15.9. The average molecular weight is 513 g/mol. The third-order valence-electron chi connectivity index (χ3n) is 6.63. The van der Waals surface area contributed by atoms with Crippen molar-refractivity contribution in [2.75, 3.05) is 5.32 Å². The summed E-state index contributed by atoms with van der Waals surface area (Å²) < 4.78 is 67.3. The van der Waals surface area contributed by atoms with E-state index in [0.29, 0.717) is 25.0 Å². The number of hydrogen-bond donors (Lipinski definition) is 2. The molecular weight excluding hydrogens is 493 g/mol. The van der Waals surface area contributed by atoms with Gasteiger partial charge in [0.2, 0.25) is 0 Å². The standard InChI is InChI=1S/C23H20ClF3N2O4S/c24-16-4-3-12(22(30)29-15-8-17(25)20(27)18(26)9-15)7-19(16)34(32,33)21-13-1-2-14(21)11-23(31,10-13)5-6-28/h3-4,7-9,13-14,21,31H,1-2,5,10-11H2,(H,29,30)/t13-,14?,21?,23?/m0/s1. The number of aliphatic hydroxyl groups is 1. The number of hydrogen-bond acceptors (Lipinski definition) is 5. The lowest BCUT2D eigenvalue weighted by molar-refractivity contribution is -0.0147. The van der Waals surface area contributed by atoms with Crippen LogP contribution in [0, 0.1) is 40.6 Å². The highest BCUT2D eigenvalue weighted by atomic mass is 35.5. The number of carbonyl (C=O) groups is 1. The van der Waals surface area contributed by atoms with Gasteiger partial charge in [0.1, 0.15) is 0 Å². The number of nitriles is 1. The number of fused-ring (bicyclic) bond motifs is 2. The van der Waals surface area contributed by atoms with E-state index in [4.69, 9.17) is 16.9 Å². The highest BCUT2D eigenvalue weighted by molar-refractivity contribution is 7.92. The van der Waals surface area contributed by atoms with E-state index in [0.717, 1.165) is 6.07 Å². The van der Waals surface area contributed by atoms with Crippen molar-refractivity contribution in [3.8, 4) is 6.07 Å². The van der Waals surface area contributed by atoms with Crippen LogP contribution in [0.15, 0.2) is 35.2 Å². The molecule has 2 aliphatic rings. The average Bonchev–Trinajstić information content (AvgIpc) is 3.05. The van der Waals surface area contributed by atoms with Gasteiger partial charge in [0, 0.05) is 23.4 Å². The van der Waals surface area contributed by atoms with E-state index in [1.165, 1.54) is 12.1 Å². The van der Waals surface area contributed by atoms with Gasteiger partial charge in [-0.1, -0.05) is 11.6 Å². The van der Waals surface area contributed by atoms with Crippen molar-refractivity contribution in [3.05, 3.63) is 58.4 Å². The fraction of sp³-hybridized carbons (Fsp3) is 0.391. The van der Waals surface area contributed by atoms with Crippen molar-refractivity contribution < 1.29 is 31.5 Å². The van der Waals surface area contributed by atoms with Crippen LogP contribution in [0.1, 0.15) is 42.5 Å². The third kappa shape index (κ3) is 4.40. The first kappa shape index (κ1) is 24.5. The summed E-state index contributed by atoms with van der Waals surface area (Å²) >= 11 is 6.20. The molecule has 2 aliphatic carbocycles. The largest absolute Gasteiger partial charge is 0.389 e. The van der Waals surface area contributed by atoms with Crippen LogP contribution in [0.5, 0.6) is 0 Å². The van der Waals surface area contributed by atoms with Gasteiger partial charge in [0.05, 0.1) is 33.3 Å². The first-order valence-corrected chi connectivity index (χ1v) is 12.5. The lowest BCUT2D eigenvalue weighted by atomic mass is 9.76. The van der Waals surface area contributed by atoms with Crippen LogP contribution in [0.25, 0.3) is 0 Å². The Morgan fingerprint density at radius 2 is 1.74 bits per heavy atom. The molecule has 34 heavy (non-hydrogen) atoms. The summed E-state index contributed by atoms with van der Waals surface area (Å²) in [6, 6.07) is 6.76. The maximum atomic E-state index is 13.6. The van der Waals surface area contributed by atoms with Crippen LogP contribution in [0.2, 0.25) is 5.02 Å². The van der Waals surface area contributed by atoms with Crippen LogP contribution < -0.4 is 5.32 Å². The maximum absolute atomic E-state index is 13.6. The monoisotopic (exact) mass is 512 g/mol. The van der Waals surface area contributed by atoms with Crippen molar-refractivity contribution in [2.45, 2.75) is 47.9 Å². The number of anilines is 1. The molecular formula is C23H20ClF3N2O4S. The molecule has 2 N–H and O–H groups in total. The van der Waals surface area contributed by atoms with E-state index in [1.54, 1.807) is 0 Å². The van der Waals surface area contributed by atoms with Crippen molar-refractivity contribution in [1.29, 1.82) is 5.26 Å². The number of amides is 1. The maximum Gasteiger partial charge on any atom is 0.255 e. The molecule has 2 aromatic rings. The van der Waals surface area contributed by atoms with Gasteiger partial charge in [0.25, 0.3) is 5.91 Å². The van der Waals surface area contributed by atoms with E-state index in [9.17, 15) is 31.5 Å². The van der Waals surface area contributed by atoms with Crippen molar-refractivity contribution in [1.82, 2.24) is 0 Å². The predicted molar refractivity (Wildman–Crippen MR) is 117 cm³/mol. The second-order valence-electron chi connectivity index (χ2n) is 8.93. The minimum Gasteiger partial charge on any atom is -0.389 e. The molecule has 0 aliphatic heterocycles. The molecule has 2 aromatic carbocycles. The van der Waals surface area contributed by atoms with Gasteiger partial charge in [-0.15, -0.1) is 0 Å².